The summed E-state index contributed by atoms with van der Waals surface area (Å²) in [5.41, 5.74) is 1.42. The molecule has 0 unspecified atom stereocenters. The van der Waals surface area contributed by atoms with Crippen molar-refractivity contribution in [3.05, 3.63) is 71.0 Å². The average molecular weight is 335 g/mol. The van der Waals surface area contributed by atoms with E-state index in [0.717, 1.165) is 6.26 Å². The third-order valence-electron chi connectivity index (χ3n) is 3.36. The van der Waals surface area contributed by atoms with Gasteiger partial charge in [0.2, 0.25) is 0 Å². The molecule has 122 valence electrons. The third-order valence-corrected chi connectivity index (χ3v) is 4.22. The van der Waals surface area contributed by atoms with Crippen LogP contribution in [0.4, 0.5) is 4.39 Å². The largest absolute Gasteiger partial charge is 0.345 e. The minimum Gasteiger partial charge on any atom is -0.345 e. The smallest absolute Gasteiger partial charge is 0.251 e. The molecule has 2 aromatic carbocycles. The summed E-state index contributed by atoms with van der Waals surface area (Å²) in [5, 5.41) is 2.72. The number of sulfone groups is 1. The Morgan fingerprint density at radius 1 is 1.13 bits per heavy atom. The first-order chi connectivity index (χ1) is 10.8. The molecule has 2 aromatic rings. The topological polar surface area (TPSA) is 63.2 Å². The zero-order valence-electron chi connectivity index (χ0n) is 12.9. The lowest BCUT2D eigenvalue weighted by atomic mass is 10.1. The van der Waals surface area contributed by atoms with Crippen LogP contribution in [-0.2, 0) is 15.6 Å². The molecule has 0 aliphatic heterocycles. The fourth-order valence-electron chi connectivity index (χ4n) is 2.24. The second kappa shape index (κ2) is 6.91. The zero-order chi connectivity index (χ0) is 17.0. The van der Waals surface area contributed by atoms with E-state index in [4.69, 9.17) is 0 Å². The van der Waals surface area contributed by atoms with Crippen molar-refractivity contribution in [3.63, 3.8) is 0 Å². The maximum Gasteiger partial charge on any atom is 0.251 e. The van der Waals surface area contributed by atoms with E-state index in [-0.39, 0.29) is 17.5 Å². The summed E-state index contributed by atoms with van der Waals surface area (Å²) in [6.45, 7) is 1.70. The van der Waals surface area contributed by atoms with Gasteiger partial charge in [0.05, 0.1) is 11.8 Å². The molecule has 0 heterocycles. The summed E-state index contributed by atoms with van der Waals surface area (Å²) >= 11 is 0. The molecule has 0 fully saturated rings. The van der Waals surface area contributed by atoms with Crippen LogP contribution in [0.1, 0.15) is 34.5 Å². The molecule has 0 aromatic heterocycles. The molecule has 1 amide bonds. The molecule has 4 nitrogen and oxygen atoms in total. The SMILES string of the molecule is C[C@H](NC(=O)c1ccc(CS(C)(=O)=O)cc1)c1ccccc1F. The van der Waals surface area contributed by atoms with Gasteiger partial charge in [-0.1, -0.05) is 30.3 Å². The van der Waals surface area contributed by atoms with Crippen molar-refractivity contribution in [2.24, 2.45) is 0 Å². The van der Waals surface area contributed by atoms with Gasteiger partial charge in [0.25, 0.3) is 5.91 Å². The molecule has 0 bridgehead atoms. The van der Waals surface area contributed by atoms with Crippen LogP contribution in [0.15, 0.2) is 48.5 Å². The number of carbonyl (C=O) groups excluding carboxylic acids is 1. The van der Waals surface area contributed by atoms with Crippen molar-refractivity contribution >= 4 is 15.7 Å². The number of hydrogen-bond acceptors (Lipinski definition) is 3. The summed E-state index contributed by atoms with van der Waals surface area (Å²) < 4.78 is 36.2. The Morgan fingerprint density at radius 2 is 1.74 bits per heavy atom. The van der Waals surface area contributed by atoms with Gasteiger partial charge in [0, 0.05) is 17.4 Å². The molecule has 1 atom stereocenters. The minimum absolute atomic E-state index is 0.0689. The minimum atomic E-state index is -3.11. The number of carbonyl (C=O) groups is 1. The predicted octanol–water partition coefficient (Wildman–Crippen LogP) is 2.86. The number of amides is 1. The van der Waals surface area contributed by atoms with E-state index < -0.39 is 15.9 Å². The monoisotopic (exact) mass is 335 g/mol. The number of nitrogens with one attached hydrogen (secondary N) is 1. The van der Waals surface area contributed by atoms with Gasteiger partial charge in [0.1, 0.15) is 5.82 Å². The van der Waals surface area contributed by atoms with Crippen LogP contribution in [0.25, 0.3) is 0 Å². The van der Waals surface area contributed by atoms with E-state index in [1.54, 1.807) is 49.4 Å². The number of hydrogen-bond donors (Lipinski definition) is 1. The summed E-state index contributed by atoms with van der Waals surface area (Å²) in [6.07, 6.45) is 1.16. The summed E-state index contributed by atoms with van der Waals surface area (Å²) in [7, 11) is -3.11. The number of halogens is 1. The van der Waals surface area contributed by atoms with Crippen molar-refractivity contribution in [2.75, 3.05) is 6.26 Å². The fourth-order valence-corrected chi connectivity index (χ4v) is 3.04. The second-order valence-corrected chi connectivity index (χ2v) is 7.62. The Bertz CT molecular complexity index is 801. The Kier molecular flexibility index (Phi) is 5.15. The van der Waals surface area contributed by atoms with E-state index in [9.17, 15) is 17.6 Å². The quantitative estimate of drug-likeness (QED) is 0.914. The molecule has 0 aliphatic carbocycles. The van der Waals surface area contributed by atoms with Gasteiger partial charge >= 0.3 is 0 Å². The lowest BCUT2D eigenvalue weighted by Gasteiger charge is -2.15. The first-order valence-corrected chi connectivity index (χ1v) is 9.14. The molecule has 0 saturated heterocycles. The Hall–Kier alpha value is -2.21. The summed E-state index contributed by atoms with van der Waals surface area (Å²) in [4.78, 5) is 12.2. The van der Waals surface area contributed by atoms with Gasteiger partial charge in [-0.15, -0.1) is 0 Å². The second-order valence-electron chi connectivity index (χ2n) is 5.48. The van der Waals surface area contributed by atoms with E-state index in [1.807, 2.05) is 0 Å². The molecule has 0 radical (unpaired) electrons. The van der Waals surface area contributed by atoms with Crippen LogP contribution < -0.4 is 5.32 Å². The van der Waals surface area contributed by atoms with Crippen molar-refractivity contribution in [1.29, 1.82) is 0 Å². The van der Waals surface area contributed by atoms with Crippen LogP contribution in [0, 0.1) is 5.82 Å². The van der Waals surface area contributed by atoms with Crippen molar-refractivity contribution < 1.29 is 17.6 Å². The number of benzene rings is 2. The van der Waals surface area contributed by atoms with Gasteiger partial charge in [-0.2, -0.15) is 0 Å². The standard InChI is InChI=1S/C17H18FNO3S/c1-12(15-5-3-4-6-16(15)18)19-17(20)14-9-7-13(8-10-14)11-23(2,21)22/h3-10,12H,11H2,1-2H3,(H,19,20)/t12-/m0/s1. The first-order valence-electron chi connectivity index (χ1n) is 7.08. The van der Waals surface area contributed by atoms with E-state index in [1.165, 1.54) is 6.07 Å². The fraction of sp³-hybridized carbons (Fsp3) is 0.235. The van der Waals surface area contributed by atoms with E-state index >= 15 is 0 Å². The number of rotatable bonds is 5. The van der Waals surface area contributed by atoms with Crippen LogP contribution in [0.3, 0.4) is 0 Å². The molecule has 1 N–H and O–H groups in total. The van der Waals surface area contributed by atoms with Crippen LogP contribution >= 0.6 is 0 Å². The normalized spacial score (nSPS) is 12.7. The molecule has 0 aliphatic rings. The lowest BCUT2D eigenvalue weighted by Crippen LogP contribution is -2.27. The third kappa shape index (κ3) is 4.89. The van der Waals surface area contributed by atoms with Crippen molar-refractivity contribution in [3.8, 4) is 0 Å². The van der Waals surface area contributed by atoms with E-state index in [2.05, 4.69) is 5.32 Å². The summed E-state index contributed by atoms with van der Waals surface area (Å²) in [6, 6.07) is 12.1. The molecular weight excluding hydrogens is 317 g/mol. The molecule has 0 spiro atoms. The van der Waals surface area contributed by atoms with Crippen LogP contribution in [0.5, 0.6) is 0 Å². The van der Waals surface area contributed by atoms with Crippen LogP contribution in [0.2, 0.25) is 0 Å². The van der Waals surface area contributed by atoms with Gasteiger partial charge in [0.15, 0.2) is 9.84 Å². The maximum absolute atomic E-state index is 13.7. The molecular formula is C17H18FNO3S. The first kappa shape index (κ1) is 17.1. The maximum atomic E-state index is 13.7. The molecule has 23 heavy (non-hydrogen) atoms. The highest BCUT2D eigenvalue weighted by Crippen LogP contribution is 2.17. The molecule has 6 heteroatoms. The van der Waals surface area contributed by atoms with Crippen LogP contribution in [-0.4, -0.2) is 20.6 Å². The highest BCUT2D eigenvalue weighted by Gasteiger charge is 2.14. The predicted molar refractivity (Wildman–Crippen MR) is 87.3 cm³/mol. The van der Waals surface area contributed by atoms with Crippen molar-refractivity contribution in [2.45, 2.75) is 18.7 Å². The van der Waals surface area contributed by atoms with Gasteiger partial charge in [-0.05, 0) is 30.7 Å². The Balaban J connectivity index is 2.08. The Labute approximate surface area is 135 Å². The van der Waals surface area contributed by atoms with Crippen molar-refractivity contribution in [1.82, 2.24) is 5.32 Å². The molecule has 0 saturated carbocycles. The lowest BCUT2D eigenvalue weighted by molar-refractivity contribution is 0.0939. The zero-order valence-corrected chi connectivity index (χ0v) is 13.7. The highest BCUT2D eigenvalue weighted by molar-refractivity contribution is 7.89. The average Bonchev–Trinajstić information content (AvgIpc) is 2.46. The molecule has 2 rings (SSSR count). The van der Waals surface area contributed by atoms with Gasteiger partial charge in [-0.3, -0.25) is 4.79 Å². The Morgan fingerprint density at radius 3 is 2.30 bits per heavy atom. The van der Waals surface area contributed by atoms with Gasteiger partial charge < -0.3 is 5.32 Å². The van der Waals surface area contributed by atoms with E-state index in [0.29, 0.717) is 16.7 Å². The summed E-state index contributed by atoms with van der Waals surface area (Å²) in [5.74, 6) is -0.781. The van der Waals surface area contributed by atoms with Gasteiger partial charge in [-0.25, -0.2) is 12.8 Å². The highest BCUT2D eigenvalue weighted by atomic mass is 32.2.